The van der Waals surface area contributed by atoms with Crippen LogP contribution in [0.3, 0.4) is 0 Å². The summed E-state index contributed by atoms with van der Waals surface area (Å²) in [6.07, 6.45) is 1.79. The lowest BCUT2D eigenvalue weighted by atomic mass is 10.1. The molecule has 0 fully saturated rings. The summed E-state index contributed by atoms with van der Waals surface area (Å²) in [4.78, 5) is 7.61. The second-order valence-electron chi connectivity index (χ2n) is 3.60. The maximum Gasteiger partial charge on any atom is 0.138 e. The molecule has 0 spiro atoms. The number of hydrogen-bond acceptors (Lipinski definition) is 1. The van der Waals surface area contributed by atoms with Crippen LogP contribution >= 0.6 is 15.9 Å². The Morgan fingerprint density at radius 2 is 1.88 bits per heavy atom. The van der Waals surface area contributed by atoms with Crippen molar-refractivity contribution in [2.24, 2.45) is 0 Å². The summed E-state index contributed by atoms with van der Waals surface area (Å²) in [5.74, 6) is 0. The average Bonchev–Trinajstić information content (AvgIpc) is 2.76. The maximum atomic E-state index is 4.30. The largest absolute Gasteiger partial charge is 0.339 e. The fourth-order valence-electron chi connectivity index (χ4n) is 1.77. The van der Waals surface area contributed by atoms with Crippen LogP contribution in [0.1, 0.15) is 0 Å². The van der Waals surface area contributed by atoms with Crippen molar-refractivity contribution in [3.8, 4) is 11.3 Å². The van der Waals surface area contributed by atoms with Gasteiger partial charge in [0, 0.05) is 21.7 Å². The van der Waals surface area contributed by atoms with Crippen LogP contribution in [0.25, 0.3) is 22.3 Å². The third-order valence-corrected chi connectivity index (χ3v) is 3.25. The van der Waals surface area contributed by atoms with Crippen LogP contribution in [-0.4, -0.2) is 9.97 Å². The van der Waals surface area contributed by atoms with Gasteiger partial charge in [-0.2, -0.15) is 0 Å². The minimum absolute atomic E-state index is 0.910. The van der Waals surface area contributed by atoms with Crippen molar-refractivity contribution < 1.29 is 0 Å². The summed E-state index contributed by atoms with van der Waals surface area (Å²) in [5, 5.41) is 1.11. The van der Waals surface area contributed by atoms with E-state index in [1.165, 1.54) is 5.56 Å². The molecule has 2 aromatic heterocycles. The number of nitrogens with zero attached hydrogens (tertiary/aromatic N) is 1. The molecule has 0 aliphatic heterocycles. The van der Waals surface area contributed by atoms with E-state index in [0.717, 1.165) is 21.2 Å². The Labute approximate surface area is 101 Å². The van der Waals surface area contributed by atoms with E-state index in [2.05, 4.69) is 44.1 Å². The number of H-pyrrole nitrogens is 1. The van der Waals surface area contributed by atoms with Crippen LogP contribution in [0.2, 0.25) is 0 Å². The number of rotatable bonds is 1. The standard InChI is InChI=1S/C13H9BrN2/c14-11-6-7-15-13-10(11)8-12(16-13)9-4-2-1-3-5-9/h1-8H,(H,15,16). The van der Waals surface area contributed by atoms with Gasteiger partial charge in [-0.25, -0.2) is 4.98 Å². The van der Waals surface area contributed by atoms with Gasteiger partial charge in [-0.05, 0) is 33.6 Å². The van der Waals surface area contributed by atoms with Crippen LogP contribution in [0.15, 0.2) is 53.1 Å². The van der Waals surface area contributed by atoms with Crippen molar-refractivity contribution in [3.05, 3.63) is 53.1 Å². The van der Waals surface area contributed by atoms with E-state index in [9.17, 15) is 0 Å². The molecular formula is C13H9BrN2. The van der Waals surface area contributed by atoms with Gasteiger partial charge in [0.2, 0.25) is 0 Å². The van der Waals surface area contributed by atoms with Crippen LogP contribution in [0.4, 0.5) is 0 Å². The van der Waals surface area contributed by atoms with Crippen molar-refractivity contribution in [1.29, 1.82) is 0 Å². The second-order valence-corrected chi connectivity index (χ2v) is 4.46. The van der Waals surface area contributed by atoms with Gasteiger partial charge in [0.25, 0.3) is 0 Å². The van der Waals surface area contributed by atoms with E-state index < -0.39 is 0 Å². The highest BCUT2D eigenvalue weighted by atomic mass is 79.9. The fraction of sp³-hybridized carbons (Fsp3) is 0. The molecule has 3 aromatic rings. The molecule has 0 aliphatic carbocycles. The van der Waals surface area contributed by atoms with Gasteiger partial charge in [0.1, 0.15) is 5.65 Å². The number of fused-ring (bicyclic) bond motifs is 1. The smallest absolute Gasteiger partial charge is 0.138 e. The summed E-state index contributed by atoms with van der Waals surface area (Å²) in [6, 6.07) is 14.3. The number of nitrogens with one attached hydrogen (secondary N) is 1. The van der Waals surface area contributed by atoms with Gasteiger partial charge in [0.05, 0.1) is 0 Å². The van der Waals surface area contributed by atoms with Crippen LogP contribution in [0.5, 0.6) is 0 Å². The van der Waals surface area contributed by atoms with E-state index in [1.54, 1.807) is 6.20 Å². The van der Waals surface area contributed by atoms with Crippen molar-refractivity contribution in [1.82, 2.24) is 9.97 Å². The lowest BCUT2D eigenvalue weighted by Gasteiger charge is -1.94. The normalized spacial score (nSPS) is 10.8. The molecular weight excluding hydrogens is 264 g/mol. The van der Waals surface area contributed by atoms with E-state index in [4.69, 9.17) is 0 Å². The molecule has 0 radical (unpaired) electrons. The summed E-state index contributed by atoms with van der Waals surface area (Å²) >= 11 is 3.52. The van der Waals surface area contributed by atoms with E-state index in [1.807, 2.05) is 24.3 Å². The molecule has 2 nitrogen and oxygen atoms in total. The summed E-state index contributed by atoms with van der Waals surface area (Å²) in [7, 11) is 0. The number of pyridine rings is 1. The van der Waals surface area contributed by atoms with Gasteiger partial charge >= 0.3 is 0 Å². The average molecular weight is 273 g/mol. The summed E-state index contributed by atoms with van der Waals surface area (Å²) in [6.45, 7) is 0. The van der Waals surface area contributed by atoms with E-state index in [0.29, 0.717) is 0 Å². The predicted molar refractivity (Wildman–Crippen MR) is 69.2 cm³/mol. The molecule has 0 unspecified atom stereocenters. The van der Waals surface area contributed by atoms with Crippen molar-refractivity contribution in [2.45, 2.75) is 0 Å². The Balaban J connectivity index is 2.23. The Kier molecular flexibility index (Phi) is 2.26. The van der Waals surface area contributed by atoms with E-state index >= 15 is 0 Å². The third-order valence-electron chi connectivity index (χ3n) is 2.56. The molecule has 0 atom stereocenters. The summed E-state index contributed by atoms with van der Waals surface area (Å²) < 4.78 is 1.07. The van der Waals surface area contributed by atoms with Gasteiger partial charge < -0.3 is 4.98 Å². The molecule has 78 valence electrons. The zero-order valence-corrected chi connectivity index (χ0v) is 10.0. The highest BCUT2D eigenvalue weighted by Crippen LogP contribution is 2.27. The zero-order valence-electron chi connectivity index (χ0n) is 8.44. The Morgan fingerprint density at radius 3 is 2.62 bits per heavy atom. The molecule has 0 saturated carbocycles. The molecule has 3 heteroatoms. The van der Waals surface area contributed by atoms with Crippen molar-refractivity contribution in [3.63, 3.8) is 0 Å². The molecule has 3 rings (SSSR count). The molecule has 0 bridgehead atoms. The molecule has 0 saturated heterocycles. The molecule has 0 amide bonds. The first-order chi connectivity index (χ1) is 7.84. The number of aromatic amines is 1. The lowest BCUT2D eigenvalue weighted by molar-refractivity contribution is 1.32. The van der Waals surface area contributed by atoms with Crippen LogP contribution < -0.4 is 0 Å². The Bertz CT molecular complexity index is 629. The molecule has 0 aliphatic rings. The topological polar surface area (TPSA) is 28.7 Å². The highest BCUT2D eigenvalue weighted by Gasteiger charge is 2.05. The first kappa shape index (κ1) is 9.60. The monoisotopic (exact) mass is 272 g/mol. The Morgan fingerprint density at radius 1 is 1.06 bits per heavy atom. The molecule has 2 heterocycles. The van der Waals surface area contributed by atoms with Crippen LogP contribution in [-0.2, 0) is 0 Å². The van der Waals surface area contributed by atoms with Gasteiger partial charge in [-0.1, -0.05) is 30.3 Å². The zero-order chi connectivity index (χ0) is 11.0. The third kappa shape index (κ3) is 1.53. The number of hydrogen-bond donors (Lipinski definition) is 1. The quantitative estimate of drug-likeness (QED) is 0.713. The SMILES string of the molecule is Brc1ccnc2[nH]c(-c3ccccc3)cc12. The minimum atomic E-state index is 0.910. The van der Waals surface area contributed by atoms with Gasteiger partial charge in [-0.15, -0.1) is 0 Å². The minimum Gasteiger partial charge on any atom is -0.339 e. The van der Waals surface area contributed by atoms with Gasteiger partial charge in [0.15, 0.2) is 0 Å². The van der Waals surface area contributed by atoms with Crippen molar-refractivity contribution >= 4 is 27.0 Å². The number of halogens is 1. The van der Waals surface area contributed by atoms with Crippen molar-refractivity contribution in [2.75, 3.05) is 0 Å². The highest BCUT2D eigenvalue weighted by molar-refractivity contribution is 9.10. The van der Waals surface area contributed by atoms with E-state index in [-0.39, 0.29) is 0 Å². The van der Waals surface area contributed by atoms with Gasteiger partial charge in [-0.3, -0.25) is 0 Å². The fourth-order valence-corrected chi connectivity index (χ4v) is 2.19. The first-order valence-electron chi connectivity index (χ1n) is 5.03. The first-order valence-corrected chi connectivity index (χ1v) is 5.82. The second kappa shape index (κ2) is 3.76. The van der Waals surface area contributed by atoms with Crippen LogP contribution in [0, 0.1) is 0 Å². The number of benzene rings is 1. The number of aromatic nitrogens is 2. The molecule has 16 heavy (non-hydrogen) atoms. The molecule has 1 N–H and O–H groups in total. The predicted octanol–water partition coefficient (Wildman–Crippen LogP) is 3.99. The Hall–Kier alpha value is -1.61. The molecule has 1 aromatic carbocycles. The summed E-state index contributed by atoms with van der Waals surface area (Å²) in [5.41, 5.74) is 3.18. The maximum absolute atomic E-state index is 4.30. The lowest BCUT2D eigenvalue weighted by Crippen LogP contribution is -1.76.